The quantitative estimate of drug-likeness (QED) is 0.501. The summed E-state index contributed by atoms with van der Waals surface area (Å²) in [4.78, 5) is 0. The van der Waals surface area contributed by atoms with Gasteiger partial charge in [0.05, 0.1) is 12.2 Å². The first-order chi connectivity index (χ1) is 13.2. The summed E-state index contributed by atoms with van der Waals surface area (Å²) in [5.41, 5.74) is 1.56. The summed E-state index contributed by atoms with van der Waals surface area (Å²) in [6.45, 7) is 25.5. The average molecular weight is 419 g/mol. The SMILES string of the molecule is C=CC1=CC(O)[C@@H]2[C@H](CC[C@@H]3C(C)(C)[C@H](O[Si](C)(C)C(C)(C)C)CC[C@@]23C)[C@@H]1C. The largest absolute Gasteiger partial charge is 0.413 e. The minimum absolute atomic E-state index is 0.138. The summed E-state index contributed by atoms with van der Waals surface area (Å²) in [7, 11) is -1.81. The Morgan fingerprint density at radius 1 is 1.17 bits per heavy atom. The molecule has 1 unspecified atom stereocenters. The maximum absolute atomic E-state index is 11.2. The molecule has 0 aromatic heterocycles. The highest BCUT2D eigenvalue weighted by atomic mass is 28.4. The van der Waals surface area contributed by atoms with Crippen molar-refractivity contribution in [2.24, 2.45) is 34.5 Å². The molecular weight excluding hydrogens is 372 g/mol. The first-order valence-corrected chi connectivity index (χ1v) is 14.8. The summed E-state index contributed by atoms with van der Waals surface area (Å²) < 4.78 is 7.02. The van der Waals surface area contributed by atoms with Gasteiger partial charge in [-0.15, -0.1) is 0 Å². The van der Waals surface area contributed by atoms with E-state index in [2.05, 4.69) is 74.2 Å². The topological polar surface area (TPSA) is 29.5 Å². The highest BCUT2D eigenvalue weighted by molar-refractivity contribution is 6.74. The van der Waals surface area contributed by atoms with Crippen molar-refractivity contribution in [1.82, 2.24) is 0 Å². The molecule has 0 saturated heterocycles. The minimum Gasteiger partial charge on any atom is -0.413 e. The minimum atomic E-state index is -1.81. The molecule has 3 aliphatic carbocycles. The molecule has 0 bridgehead atoms. The molecule has 3 rings (SSSR count). The number of allylic oxidation sites excluding steroid dienone is 2. The normalized spacial score (nSPS) is 42.5. The van der Waals surface area contributed by atoms with Crippen molar-refractivity contribution in [3.8, 4) is 0 Å². The fraction of sp³-hybridized carbons (Fsp3) is 0.846. The van der Waals surface area contributed by atoms with Gasteiger partial charge in [0, 0.05) is 0 Å². The predicted octanol–water partition coefficient (Wildman–Crippen LogP) is 6.97. The Labute approximate surface area is 181 Å². The van der Waals surface area contributed by atoms with Gasteiger partial charge in [0.15, 0.2) is 8.32 Å². The van der Waals surface area contributed by atoms with Crippen LogP contribution in [0.15, 0.2) is 24.3 Å². The highest BCUT2D eigenvalue weighted by Crippen LogP contribution is 2.65. The molecule has 2 saturated carbocycles. The number of hydrogen-bond donors (Lipinski definition) is 1. The van der Waals surface area contributed by atoms with E-state index in [0.717, 1.165) is 6.42 Å². The monoisotopic (exact) mass is 418 g/mol. The fourth-order valence-corrected chi connectivity index (χ4v) is 8.58. The lowest BCUT2D eigenvalue weighted by atomic mass is 9.43. The van der Waals surface area contributed by atoms with E-state index in [-0.39, 0.29) is 22.0 Å². The Bertz CT molecular complexity index is 671. The Morgan fingerprint density at radius 2 is 1.79 bits per heavy atom. The van der Waals surface area contributed by atoms with E-state index in [1.165, 1.54) is 24.8 Å². The number of aliphatic hydroxyl groups excluding tert-OH is 1. The Kier molecular flexibility index (Phi) is 5.90. The van der Waals surface area contributed by atoms with Gasteiger partial charge >= 0.3 is 0 Å². The van der Waals surface area contributed by atoms with Gasteiger partial charge in [0.25, 0.3) is 0 Å². The molecule has 2 fully saturated rings. The van der Waals surface area contributed by atoms with Crippen LogP contribution in [0.1, 0.15) is 74.1 Å². The van der Waals surface area contributed by atoms with Crippen LogP contribution in [0.4, 0.5) is 0 Å². The van der Waals surface area contributed by atoms with E-state index in [0.29, 0.717) is 29.8 Å². The molecule has 0 heterocycles. The van der Waals surface area contributed by atoms with Crippen LogP contribution in [0, 0.1) is 34.5 Å². The fourth-order valence-electron chi connectivity index (χ4n) is 7.09. The van der Waals surface area contributed by atoms with Gasteiger partial charge in [0.1, 0.15) is 0 Å². The van der Waals surface area contributed by atoms with Gasteiger partial charge in [-0.25, -0.2) is 0 Å². The van der Waals surface area contributed by atoms with Crippen molar-refractivity contribution < 1.29 is 9.53 Å². The van der Waals surface area contributed by atoms with E-state index >= 15 is 0 Å². The van der Waals surface area contributed by atoms with Crippen molar-refractivity contribution in [2.45, 2.75) is 104 Å². The molecule has 0 aliphatic heterocycles. The van der Waals surface area contributed by atoms with Gasteiger partial charge in [-0.1, -0.05) is 67.2 Å². The zero-order valence-electron chi connectivity index (χ0n) is 20.5. The van der Waals surface area contributed by atoms with Crippen molar-refractivity contribution in [3.05, 3.63) is 24.3 Å². The molecule has 2 nitrogen and oxygen atoms in total. The molecule has 0 radical (unpaired) electrons. The number of hydrogen-bond acceptors (Lipinski definition) is 2. The van der Waals surface area contributed by atoms with Crippen molar-refractivity contribution in [1.29, 1.82) is 0 Å². The van der Waals surface area contributed by atoms with Gasteiger partial charge in [-0.2, -0.15) is 0 Å². The highest BCUT2D eigenvalue weighted by Gasteiger charge is 2.61. The molecule has 1 N–H and O–H groups in total. The Balaban J connectivity index is 1.91. The van der Waals surface area contributed by atoms with E-state index < -0.39 is 8.32 Å². The summed E-state index contributed by atoms with van der Waals surface area (Å²) in [5.74, 6) is 2.02. The molecule has 0 aromatic carbocycles. The summed E-state index contributed by atoms with van der Waals surface area (Å²) in [6.07, 6.45) is 8.82. The second kappa shape index (κ2) is 7.34. The van der Waals surface area contributed by atoms with Crippen LogP contribution < -0.4 is 0 Å². The molecule has 7 atom stereocenters. The lowest BCUT2D eigenvalue weighted by Crippen LogP contribution is -2.62. The third kappa shape index (κ3) is 3.63. The van der Waals surface area contributed by atoms with Crippen LogP contribution >= 0.6 is 0 Å². The van der Waals surface area contributed by atoms with Crippen molar-refractivity contribution in [2.75, 3.05) is 0 Å². The van der Waals surface area contributed by atoms with Gasteiger partial charge < -0.3 is 9.53 Å². The van der Waals surface area contributed by atoms with Crippen LogP contribution in [0.3, 0.4) is 0 Å². The first-order valence-electron chi connectivity index (χ1n) is 11.9. The van der Waals surface area contributed by atoms with Crippen LogP contribution in [0.25, 0.3) is 0 Å². The van der Waals surface area contributed by atoms with E-state index in [1.54, 1.807) is 0 Å². The van der Waals surface area contributed by atoms with Crippen LogP contribution in [0.2, 0.25) is 18.1 Å². The average Bonchev–Trinajstić information content (AvgIpc) is 2.59. The molecular formula is C26H46O2Si. The molecule has 3 aliphatic rings. The zero-order chi connectivity index (χ0) is 22.0. The van der Waals surface area contributed by atoms with Gasteiger partial charge in [-0.05, 0) is 83.9 Å². The zero-order valence-corrected chi connectivity index (χ0v) is 21.5. The number of fused-ring (bicyclic) bond motifs is 3. The maximum Gasteiger partial charge on any atom is 0.192 e. The summed E-state index contributed by atoms with van der Waals surface area (Å²) in [6, 6.07) is 0. The van der Waals surface area contributed by atoms with Crippen LogP contribution in [0.5, 0.6) is 0 Å². The lowest BCUT2D eigenvalue weighted by Gasteiger charge is -2.64. The van der Waals surface area contributed by atoms with Crippen molar-refractivity contribution in [3.63, 3.8) is 0 Å². The molecule has 0 amide bonds. The summed E-state index contributed by atoms with van der Waals surface area (Å²) >= 11 is 0. The number of rotatable bonds is 3. The Morgan fingerprint density at radius 3 is 2.34 bits per heavy atom. The van der Waals surface area contributed by atoms with E-state index in [4.69, 9.17) is 4.43 Å². The molecule has 0 spiro atoms. The van der Waals surface area contributed by atoms with Crippen molar-refractivity contribution >= 4 is 8.32 Å². The number of aliphatic hydroxyl groups is 1. The van der Waals surface area contributed by atoms with Gasteiger partial charge in [0.2, 0.25) is 0 Å². The summed E-state index contributed by atoms with van der Waals surface area (Å²) in [5, 5.41) is 11.4. The second-order valence-electron chi connectivity index (χ2n) is 12.7. The smallest absolute Gasteiger partial charge is 0.192 e. The van der Waals surface area contributed by atoms with E-state index in [9.17, 15) is 5.11 Å². The molecule has 166 valence electrons. The third-order valence-electron chi connectivity index (χ3n) is 9.86. The van der Waals surface area contributed by atoms with Crippen LogP contribution in [-0.4, -0.2) is 25.6 Å². The maximum atomic E-state index is 11.2. The predicted molar refractivity (Wildman–Crippen MR) is 126 cm³/mol. The third-order valence-corrected chi connectivity index (χ3v) is 14.3. The van der Waals surface area contributed by atoms with Crippen LogP contribution in [-0.2, 0) is 4.43 Å². The lowest BCUT2D eigenvalue weighted by molar-refractivity contribution is -0.171. The molecule has 0 aromatic rings. The Hall–Kier alpha value is -0.383. The van der Waals surface area contributed by atoms with Gasteiger partial charge in [-0.3, -0.25) is 0 Å². The second-order valence-corrected chi connectivity index (χ2v) is 17.5. The molecule has 3 heteroatoms. The standard InChI is InChI=1S/C26H46O2Si/c1-11-18-16-20(27)23-19(17(18)2)12-13-21-25(6,7)22(14-15-26(21,23)8)28-29(9,10)24(3,4)5/h11,16-17,19-23,27H,1,12-15H2,2-10H3/t17-,19-,20?,21-,22-,23+,26-/m1/s1. The molecule has 29 heavy (non-hydrogen) atoms. The van der Waals surface area contributed by atoms with E-state index in [1.807, 2.05) is 6.08 Å². The first kappa shape index (κ1) is 23.3.